The van der Waals surface area contributed by atoms with Gasteiger partial charge in [0.05, 0.1) is 19.3 Å². The van der Waals surface area contributed by atoms with Gasteiger partial charge in [-0.15, -0.1) is 0 Å². The van der Waals surface area contributed by atoms with Gasteiger partial charge in [-0.3, -0.25) is 4.79 Å². The monoisotopic (exact) mass is 420 g/mol. The smallest absolute Gasteiger partial charge is 0.229 e. The summed E-state index contributed by atoms with van der Waals surface area (Å²) >= 11 is 0. The van der Waals surface area contributed by atoms with Crippen LogP contribution in [0.3, 0.4) is 0 Å². The fourth-order valence-electron chi connectivity index (χ4n) is 3.14. The van der Waals surface area contributed by atoms with Gasteiger partial charge in [0.15, 0.2) is 5.78 Å². The molecule has 1 fully saturated rings. The zero-order valence-electron chi connectivity index (χ0n) is 16.2. The summed E-state index contributed by atoms with van der Waals surface area (Å²) in [4.78, 5) is 12.5. The predicted molar refractivity (Wildman–Crippen MR) is 104 cm³/mol. The van der Waals surface area contributed by atoms with E-state index in [0.717, 1.165) is 5.56 Å². The van der Waals surface area contributed by atoms with Gasteiger partial charge in [0.2, 0.25) is 6.29 Å². The molecule has 9 nitrogen and oxygen atoms in total. The molecule has 1 saturated heterocycles. The highest BCUT2D eigenvalue weighted by Crippen LogP contribution is 2.29. The van der Waals surface area contributed by atoms with Gasteiger partial charge in [-0.2, -0.15) is 0 Å². The molecule has 0 aliphatic carbocycles. The summed E-state index contributed by atoms with van der Waals surface area (Å²) in [6.45, 7) is -0.588. The molecule has 1 aliphatic rings. The number of hydrogen-bond donors (Lipinski definition) is 5. The Labute approximate surface area is 172 Å². The highest BCUT2D eigenvalue weighted by Gasteiger charge is 2.44. The number of methoxy groups -OCH3 is 1. The van der Waals surface area contributed by atoms with Gasteiger partial charge < -0.3 is 39.7 Å². The lowest BCUT2D eigenvalue weighted by Crippen LogP contribution is -2.60. The topological polar surface area (TPSA) is 146 Å². The second-order valence-electron chi connectivity index (χ2n) is 6.94. The van der Waals surface area contributed by atoms with Crippen LogP contribution >= 0.6 is 0 Å². The molecule has 5 atom stereocenters. The first-order valence-electron chi connectivity index (χ1n) is 9.30. The van der Waals surface area contributed by atoms with E-state index in [1.165, 1.54) is 18.2 Å². The Morgan fingerprint density at radius 3 is 2.27 bits per heavy atom. The van der Waals surface area contributed by atoms with Gasteiger partial charge >= 0.3 is 0 Å². The molecular formula is C21H24O9. The van der Waals surface area contributed by atoms with Crippen LogP contribution in [-0.2, 0) is 11.2 Å². The molecule has 1 heterocycles. The molecule has 2 aromatic rings. The zero-order chi connectivity index (χ0) is 21.8. The molecule has 0 amide bonds. The summed E-state index contributed by atoms with van der Waals surface area (Å²) in [5.41, 5.74) is 0.841. The van der Waals surface area contributed by atoms with E-state index in [4.69, 9.17) is 14.2 Å². The SMILES string of the molecule is COc1ccc(CC(=O)c2ccc(O[C@@H]3O[C@H](CO)[C@H](O)[C@@H](O)[C@@H]3O)cc2O)cc1. The van der Waals surface area contributed by atoms with E-state index in [0.29, 0.717) is 5.75 Å². The minimum Gasteiger partial charge on any atom is -0.507 e. The number of phenolic OH excluding ortho intramolecular Hbond substituents is 1. The number of Topliss-reactive ketones (excluding diaryl/α,β-unsaturated/α-hetero) is 1. The van der Waals surface area contributed by atoms with E-state index in [2.05, 4.69) is 0 Å². The van der Waals surface area contributed by atoms with Crippen LogP contribution in [0.1, 0.15) is 15.9 Å². The number of rotatable bonds is 7. The first kappa shape index (κ1) is 22.0. The summed E-state index contributed by atoms with van der Waals surface area (Å²) in [6, 6.07) is 10.9. The Hall–Kier alpha value is -2.69. The van der Waals surface area contributed by atoms with E-state index >= 15 is 0 Å². The Balaban J connectivity index is 1.69. The highest BCUT2D eigenvalue weighted by molar-refractivity contribution is 6.00. The Bertz CT molecular complexity index is 865. The molecule has 1 aliphatic heterocycles. The average Bonchev–Trinajstić information content (AvgIpc) is 2.74. The molecule has 0 radical (unpaired) electrons. The number of hydrogen-bond acceptors (Lipinski definition) is 9. The molecular weight excluding hydrogens is 396 g/mol. The number of ketones is 1. The second kappa shape index (κ2) is 9.41. The first-order chi connectivity index (χ1) is 14.3. The van der Waals surface area contributed by atoms with Gasteiger partial charge in [0, 0.05) is 12.5 Å². The number of carbonyl (C=O) groups is 1. The van der Waals surface area contributed by atoms with Crippen molar-refractivity contribution in [1.82, 2.24) is 0 Å². The van der Waals surface area contributed by atoms with Crippen LogP contribution in [0.4, 0.5) is 0 Å². The number of aliphatic hydroxyl groups excluding tert-OH is 4. The summed E-state index contributed by atoms with van der Waals surface area (Å²) in [7, 11) is 1.55. The summed E-state index contributed by atoms with van der Waals surface area (Å²) < 4.78 is 15.8. The van der Waals surface area contributed by atoms with Crippen molar-refractivity contribution in [3.63, 3.8) is 0 Å². The lowest BCUT2D eigenvalue weighted by Gasteiger charge is -2.39. The third-order valence-electron chi connectivity index (χ3n) is 4.89. The summed E-state index contributed by atoms with van der Waals surface area (Å²) in [5, 5.41) is 49.1. The number of benzene rings is 2. The van der Waals surface area contributed by atoms with Crippen molar-refractivity contribution in [2.75, 3.05) is 13.7 Å². The average molecular weight is 420 g/mol. The maximum Gasteiger partial charge on any atom is 0.229 e. The van der Waals surface area contributed by atoms with Crippen molar-refractivity contribution < 1.29 is 44.5 Å². The highest BCUT2D eigenvalue weighted by atomic mass is 16.7. The molecule has 5 N–H and O–H groups in total. The minimum atomic E-state index is -1.58. The standard InChI is InChI=1S/C21H24O9/c1-28-12-4-2-11(3-5-12)8-15(23)14-7-6-13(9-16(14)24)29-21-20(27)19(26)18(25)17(10-22)30-21/h2-7,9,17-22,24-27H,8,10H2,1H3/t17-,18+,19-,20+,21-/m1/s1. The van der Waals surface area contributed by atoms with Crippen molar-refractivity contribution in [2.45, 2.75) is 37.1 Å². The molecule has 9 heteroatoms. The van der Waals surface area contributed by atoms with Gasteiger partial charge in [-0.1, -0.05) is 12.1 Å². The Kier molecular flexibility index (Phi) is 6.91. The van der Waals surface area contributed by atoms with E-state index < -0.39 is 37.3 Å². The molecule has 0 unspecified atom stereocenters. The van der Waals surface area contributed by atoms with Crippen molar-refractivity contribution in [1.29, 1.82) is 0 Å². The van der Waals surface area contributed by atoms with E-state index in [9.17, 15) is 30.3 Å². The van der Waals surface area contributed by atoms with Crippen LogP contribution in [0.25, 0.3) is 0 Å². The molecule has 0 saturated carbocycles. The predicted octanol–water partition coefficient (Wildman–Crippen LogP) is 0.00490. The van der Waals surface area contributed by atoms with Crippen LogP contribution in [0.5, 0.6) is 17.2 Å². The van der Waals surface area contributed by atoms with Crippen LogP contribution in [0.2, 0.25) is 0 Å². The molecule has 30 heavy (non-hydrogen) atoms. The largest absolute Gasteiger partial charge is 0.507 e. The molecule has 0 aromatic heterocycles. The van der Waals surface area contributed by atoms with Crippen LogP contribution in [-0.4, -0.2) is 75.7 Å². The maximum absolute atomic E-state index is 12.5. The van der Waals surface area contributed by atoms with Crippen molar-refractivity contribution >= 4 is 5.78 Å². The molecule has 0 bridgehead atoms. The van der Waals surface area contributed by atoms with Crippen molar-refractivity contribution in [3.05, 3.63) is 53.6 Å². The molecule has 2 aromatic carbocycles. The number of carbonyl (C=O) groups excluding carboxylic acids is 1. The fourth-order valence-corrected chi connectivity index (χ4v) is 3.14. The molecule has 3 rings (SSSR count). The van der Waals surface area contributed by atoms with Gasteiger partial charge in [-0.05, 0) is 29.8 Å². The lowest BCUT2D eigenvalue weighted by atomic mass is 9.99. The third-order valence-corrected chi connectivity index (χ3v) is 4.89. The van der Waals surface area contributed by atoms with E-state index in [1.807, 2.05) is 0 Å². The second-order valence-corrected chi connectivity index (χ2v) is 6.94. The summed E-state index contributed by atoms with van der Waals surface area (Å²) in [5.74, 6) is 0.106. The number of aromatic hydroxyl groups is 1. The lowest BCUT2D eigenvalue weighted by molar-refractivity contribution is -0.277. The Morgan fingerprint density at radius 1 is 1.00 bits per heavy atom. The number of ether oxygens (including phenoxy) is 3. The van der Waals surface area contributed by atoms with Crippen LogP contribution in [0, 0.1) is 0 Å². The number of phenols is 1. The minimum absolute atomic E-state index is 0.0674. The van der Waals surface area contributed by atoms with E-state index in [1.54, 1.807) is 31.4 Å². The fraction of sp³-hybridized carbons (Fsp3) is 0.381. The van der Waals surface area contributed by atoms with Gasteiger partial charge in [-0.25, -0.2) is 0 Å². The van der Waals surface area contributed by atoms with Gasteiger partial charge in [0.25, 0.3) is 0 Å². The third kappa shape index (κ3) is 4.72. The zero-order valence-corrected chi connectivity index (χ0v) is 16.2. The molecule has 162 valence electrons. The van der Waals surface area contributed by atoms with Crippen LogP contribution in [0.15, 0.2) is 42.5 Å². The normalized spacial score (nSPS) is 26.2. The Morgan fingerprint density at radius 2 is 1.67 bits per heavy atom. The molecule has 0 spiro atoms. The number of aliphatic hydroxyl groups is 4. The van der Waals surface area contributed by atoms with Gasteiger partial charge in [0.1, 0.15) is 41.7 Å². The first-order valence-corrected chi connectivity index (χ1v) is 9.30. The summed E-state index contributed by atoms with van der Waals surface area (Å²) in [6.07, 6.45) is -7.10. The van der Waals surface area contributed by atoms with E-state index in [-0.39, 0.29) is 29.3 Å². The van der Waals surface area contributed by atoms with Crippen molar-refractivity contribution in [2.24, 2.45) is 0 Å². The quantitative estimate of drug-likeness (QED) is 0.391. The maximum atomic E-state index is 12.5. The van der Waals surface area contributed by atoms with Crippen LogP contribution < -0.4 is 9.47 Å². The van der Waals surface area contributed by atoms with Crippen molar-refractivity contribution in [3.8, 4) is 17.2 Å².